The van der Waals surface area contributed by atoms with Crippen molar-refractivity contribution < 1.29 is 9.53 Å². The minimum atomic E-state index is -0.201. The van der Waals surface area contributed by atoms with Gasteiger partial charge >= 0.3 is 5.97 Å². The van der Waals surface area contributed by atoms with Crippen LogP contribution >= 0.6 is 0 Å². The first-order valence-corrected chi connectivity index (χ1v) is 6.08. The second-order valence-electron chi connectivity index (χ2n) is 4.42. The van der Waals surface area contributed by atoms with Crippen molar-refractivity contribution in [3.63, 3.8) is 0 Å². The third-order valence-corrected chi connectivity index (χ3v) is 3.41. The number of para-hydroxylation sites is 2. The van der Waals surface area contributed by atoms with E-state index in [1.54, 1.807) is 6.33 Å². The summed E-state index contributed by atoms with van der Waals surface area (Å²) in [6.07, 6.45) is 3.59. The van der Waals surface area contributed by atoms with Crippen LogP contribution in [0.4, 0.5) is 0 Å². The summed E-state index contributed by atoms with van der Waals surface area (Å²) < 4.78 is 6.82. The van der Waals surface area contributed by atoms with Gasteiger partial charge < -0.3 is 4.74 Å². The molecule has 18 heavy (non-hydrogen) atoms. The summed E-state index contributed by atoms with van der Waals surface area (Å²) in [5, 5.41) is 2.03. The fourth-order valence-corrected chi connectivity index (χ4v) is 2.54. The number of aromatic nitrogens is 2. The molecule has 0 amide bonds. The highest BCUT2D eigenvalue weighted by atomic mass is 16.5. The van der Waals surface area contributed by atoms with Gasteiger partial charge in [-0.3, -0.25) is 5.01 Å². The third-order valence-electron chi connectivity index (χ3n) is 3.41. The van der Waals surface area contributed by atoms with Crippen molar-refractivity contribution in [2.45, 2.75) is 18.9 Å². The van der Waals surface area contributed by atoms with Gasteiger partial charge in [-0.05, 0) is 25.0 Å². The zero-order chi connectivity index (χ0) is 12.5. The van der Waals surface area contributed by atoms with E-state index in [1.807, 2.05) is 34.0 Å². The first-order chi connectivity index (χ1) is 8.81. The molecule has 0 saturated carbocycles. The van der Waals surface area contributed by atoms with E-state index in [1.165, 1.54) is 7.11 Å². The van der Waals surface area contributed by atoms with Gasteiger partial charge in [0.2, 0.25) is 0 Å². The number of ether oxygens (including phenoxy) is 1. The van der Waals surface area contributed by atoms with E-state index in [2.05, 4.69) is 4.98 Å². The molecule has 1 aromatic heterocycles. The number of esters is 1. The normalized spacial score (nSPS) is 19.4. The zero-order valence-electron chi connectivity index (χ0n) is 10.2. The topological polar surface area (TPSA) is 47.4 Å². The van der Waals surface area contributed by atoms with E-state index >= 15 is 0 Å². The number of fused-ring (bicyclic) bond motifs is 1. The van der Waals surface area contributed by atoms with Crippen LogP contribution in [0.5, 0.6) is 0 Å². The lowest BCUT2D eigenvalue weighted by Gasteiger charge is -2.25. The maximum atomic E-state index is 11.8. The highest BCUT2D eigenvalue weighted by Gasteiger charge is 2.32. The summed E-state index contributed by atoms with van der Waals surface area (Å²) in [6, 6.07) is 7.71. The van der Waals surface area contributed by atoms with E-state index in [9.17, 15) is 4.79 Å². The molecule has 0 unspecified atom stereocenters. The smallest absolute Gasteiger partial charge is 0.330 e. The van der Waals surface area contributed by atoms with Gasteiger partial charge in [0, 0.05) is 6.54 Å². The molecule has 1 aliphatic rings. The minimum absolute atomic E-state index is 0.176. The maximum absolute atomic E-state index is 11.8. The second-order valence-corrected chi connectivity index (χ2v) is 4.42. The number of carbonyl (C=O) groups is 1. The van der Waals surface area contributed by atoms with E-state index in [0.29, 0.717) is 0 Å². The summed E-state index contributed by atoms with van der Waals surface area (Å²) in [5.41, 5.74) is 1.96. The summed E-state index contributed by atoms with van der Waals surface area (Å²) in [7, 11) is 1.44. The highest BCUT2D eigenvalue weighted by molar-refractivity contribution is 5.80. The number of methoxy groups -OCH3 is 1. The third kappa shape index (κ3) is 1.63. The molecule has 2 aromatic rings. The average Bonchev–Trinajstić information content (AvgIpc) is 3.03. The molecule has 0 spiro atoms. The number of benzene rings is 1. The molecule has 1 fully saturated rings. The molecule has 0 bridgehead atoms. The first-order valence-electron chi connectivity index (χ1n) is 6.08. The van der Waals surface area contributed by atoms with Gasteiger partial charge in [-0.2, -0.15) is 0 Å². The predicted molar refractivity (Wildman–Crippen MR) is 67.9 cm³/mol. The lowest BCUT2D eigenvalue weighted by Crippen LogP contribution is -2.43. The van der Waals surface area contributed by atoms with Crippen molar-refractivity contribution >= 4 is 17.0 Å². The van der Waals surface area contributed by atoms with Gasteiger partial charge in [-0.1, -0.05) is 12.1 Å². The van der Waals surface area contributed by atoms with E-state index in [0.717, 1.165) is 30.4 Å². The van der Waals surface area contributed by atoms with Crippen LogP contribution in [-0.4, -0.2) is 35.3 Å². The molecule has 1 aromatic carbocycles. The average molecular weight is 245 g/mol. The van der Waals surface area contributed by atoms with Gasteiger partial charge in [0.05, 0.1) is 18.1 Å². The molecule has 1 atom stereocenters. The molecular formula is C13H15N3O2. The molecule has 1 saturated heterocycles. The minimum Gasteiger partial charge on any atom is -0.467 e. The Morgan fingerprint density at radius 1 is 1.44 bits per heavy atom. The Morgan fingerprint density at radius 3 is 3.11 bits per heavy atom. The maximum Gasteiger partial charge on any atom is 0.330 e. The second kappa shape index (κ2) is 4.33. The molecule has 0 N–H and O–H groups in total. The number of nitrogens with zero attached hydrogens (tertiary/aromatic N) is 3. The van der Waals surface area contributed by atoms with Crippen LogP contribution in [0.25, 0.3) is 11.0 Å². The largest absolute Gasteiger partial charge is 0.467 e. The van der Waals surface area contributed by atoms with Crippen molar-refractivity contribution in [1.82, 2.24) is 9.66 Å². The molecule has 5 nitrogen and oxygen atoms in total. The first kappa shape index (κ1) is 11.1. The summed E-state index contributed by atoms with van der Waals surface area (Å²) in [5.74, 6) is -0.176. The highest BCUT2D eigenvalue weighted by Crippen LogP contribution is 2.21. The SMILES string of the molecule is COC(=O)[C@@H]1CCCN1n1cnc2ccccc21. The fourth-order valence-electron chi connectivity index (χ4n) is 2.54. The molecule has 5 heteroatoms. The van der Waals surface area contributed by atoms with Crippen molar-refractivity contribution in [1.29, 1.82) is 0 Å². The van der Waals surface area contributed by atoms with Gasteiger partial charge in [0.15, 0.2) is 0 Å². The number of carbonyl (C=O) groups excluding carboxylic acids is 1. The number of imidazole rings is 1. The van der Waals surface area contributed by atoms with Crippen LogP contribution in [0.15, 0.2) is 30.6 Å². The van der Waals surface area contributed by atoms with Crippen molar-refractivity contribution in [2.24, 2.45) is 0 Å². The molecule has 1 aliphatic heterocycles. The van der Waals surface area contributed by atoms with Gasteiger partial charge in [-0.25, -0.2) is 14.5 Å². The molecule has 3 rings (SSSR count). The lowest BCUT2D eigenvalue weighted by atomic mass is 10.2. The zero-order valence-corrected chi connectivity index (χ0v) is 10.2. The number of hydrogen-bond acceptors (Lipinski definition) is 4. The van der Waals surface area contributed by atoms with Crippen molar-refractivity contribution in [3.05, 3.63) is 30.6 Å². The van der Waals surface area contributed by atoms with Crippen molar-refractivity contribution in [2.75, 3.05) is 18.7 Å². The Hall–Kier alpha value is -2.04. The monoisotopic (exact) mass is 245 g/mol. The Balaban J connectivity index is 2.01. The van der Waals surface area contributed by atoms with Crippen LogP contribution in [0.2, 0.25) is 0 Å². The Morgan fingerprint density at radius 2 is 2.28 bits per heavy atom. The summed E-state index contributed by atoms with van der Waals surface area (Å²) >= 11 is 0. The van der Waals surface area contributed by atoms with Crippen LogP contribution in [0.1, 0.15) is 12.8 Å². The molecular weight excluding hydrogens is 230 g/mol. The van der Waals surface area contributed by atoms with Gasteiger partial charge in [0.25, 0.3) is 0 Å². The quantitative estimate of drug-likeness (QED) is 0.748. The van der Waals surface area contributed by atoms with Crippen molar-refractivity contribution in [3.8, 4) is 0 Å². The van der Waals surface area contributed by atoms with E-state index in [4.69, 9.17) is 4.74 Å². The molecule has 94 valence electrons. The molecule has 0 aliphatic carbocycles. The van der Waals surface area contributed by atoms with E-state index in [-0.39, 0.29) is 12.0 Å². The van der Waals surface area contributed by atoms with Gasteiger partial charge in [-0.15, -0.1) is 0 Å². The Bertz CT molecular complexity index is 578. The van der Waals surface area contributed by atoms with Gasteiger partial charge in [0.1, 0.15) is 12.4 Å². The lowest BCUT2D eigenvalue weighted by molar-refractivity contribution is -0.142. The summed E-state index contributed by atoms with van der Waals surface area (Å²) in [4.78, 5) is 16.1. The van der Waals surface area contributed by atoms with Crippen LogP contribution in [0, 0.1) is 0 Å². The summed E-state index contributed by atoms with van der Waals surface area (Å²) in [6.45, 7) is 0.847. The standard InChI is InChI=1S/C13H15N3O2/c1-18-13(17)12-7-4-8-15(12)16-9-14-10-5-2-3-6-11(10)16/h2-3,5-6,9,12H,4,7-8H2,1H3/t12-/m0/s1. The molecule has 2 heterocycles. The Labute approximate surface area is 105 Å². The molecule has 0 radical (unpaired) electrons. The van der Waals surface area contributed by atoms with Crippen LogP contribution in [-0.2, 0) is 9.53 Å². The predicted octanol–water partition coefficient (Wildman–Crippen LogP) is 1.31. The number of rotatable bonds is 2. The van der Waals surface area contributed by atoms with Crippen LogP contribution in [0.3, 0.4) is 0 Å². The fraction of sp³-hybridized carbons (Fsp3) is 0.385. The Kier molecular flexibility index (Phi) is 2.66. The van der Waals surface area contributed by atoms with E-state index < -0.39 is 0 Å². The van der Waals surface area contributed by atoms with Crippen LogP contribution < -0.4 is 5.01 Å². The number of hydrogen-bond donors (Lipinski definition) is 0.